The SMILES string of the molecule is CCOC(=O)N1c2ccc(C(F)F)cc2C[C@@H]([C@H](C(=O)O)c2cc(C(F)F)cc(C(F)(F)F)c2)C[C@H]1CC.CF. The van der Waals surface area contributed by atoms with E-state index in [1.165, 1.54) is 11.0 Å². The van der Waals surface area contributed by atoms with Gasteiger partial charge in [-0.1, -0.05) is 13.0 Å². The van der Waals surface area contributed by atoms with Gasteiger partial charge in [0.15, 0.2) is 0 Å². The Balaban J connectivity index is 0.00000274. The third kappa shape index (κ3) is 7.42. The van der Waals surface area contributed by atoms with Gasteiger partial charge in [-0.25, -0.2) is 22.4 Å². The first-order chi connectivity index (χ1) is 18.8. The van der Waals surface area contributed by atoms with E-state index in [2.05, 4.69) is 0 Å². The molecule has 0 aromatic heterocycles. The highest BCUT2D eigenvalue weighted by Crippen LogP contribution is 2.43. The van der Waals surface area contributed by atoms with Gasteiger partial charge in [0.1, 0.15) is 0 Å². The van der Waals surface area contributed by atoms with Crippen molar-refractivity contribution in [2.45, 2.75) is 64.1 Å². The number of nitrogens with zero attached hydrogens (tertiary/aromatic N) is 1. The van der Waals surface area contributed by atoms with E-state index in [1.54, 1.807) is 13.8 Å². The van der Waals surface area contributed by atoms with Crippen molar-refractivity contribution in [1.29, 1.82) is 0 Å². The maximum atomic E-state index is 13.5. The number of aliphatic carboxylic acids is 1. The van der Waals surface area contributed by atoms with E-state index in [-0.39, 0.29) is 43.2 Å². The number of alkyl halides is 8. The summed E-state index contributed by atoms with van der Waals surface area (Å²) in [4.78, 5) is 26.6. The van der Waals surface area contributed by atoms with Gasteiger partial charge >= 0.3 is 18.2 Å². The van der Waals surface area contributed by atoms with E-state index < -0.39 is 71.2 Å². The quantitative estimate of drug-likeness (QED) is 0.333. The normalized spacial score (nSPS) is 18.0. The highest BCUT2D eigenvalue weighted by atomic mass is 19.4. The molecule has 5 nitrogen and oxygen atoms in total. The van der Waals surface area contributed by atoms with Gasteiger partial charge in [-0.3, -0.25) is 14.1 Å². The lowest BCUT2D eigenvalue weighted by Gasteiger charge is -2.31. The lowest BCUT2D eigenvalue weighted by atomic mass is 9.78. The molecule has 3 atom stereocenters. The van der Waals surface area contributed by atoms with E-state index in [4.69, 9.17) is 4.74 Å². The number of carbonyl (C=O) groups excluding carboxylic acids is 1. The Kier molecular flexibility index (Phi) is 11.3. The molecule has 40 heavy (non-hydrogen) atoms. The van der Waals surface area contributed by atoms with Crippen molar-refractivity contribution in [2.75, 3.05) is 18.7 Å². The molecular weight excluding hydrogens is 554 g/mol. The van der Waals surface area contributed by atoms with Crippen molar-refractivity contribution >= 4 is 17.7 Å². The lowest BCUT2D eigenvalue weighted by Crippen LogP contribution is -2.41. The summed E-state index contributed by atoms with van der Waals surface area (Å²) in [6, 6.07) is 4.35. The number of amides is 1. The van der Waals surface area contributed by atoms with Crippen LogP contribution in [0.15, 0.2) is 36.4 Å². The smallest absolute Gasteiger partial charge is 0.416 e. The second-order valence-corrected chi connectivity index (χ2v) is 9.02. The van der Waals surface area contributed by atoms with Crippen LogP contribution < -0.4 is 4.90 Å². The molecule has 13 heteroatoms. The molecule has 0 unspecified atom stereocenters. The highest BCUT2D eigenvalue weighted by molar-refractivity contribution is 5.90. The average molecular weight is 584 g/mol. The number of fused-ring (bicyclic) bond motifs is 1. The Morgan fingerprint density at radius 1 is 0.975 bits per heavy atom. The number of carboxylic acids is 1. The molecule has 0 saturated carbocycles. The van der Waals surface area contributed by atoms with Gasteiger partial charge in [0.05, 0.1) is 31.0 Å². The highest BCUT2D eigenvalue weighted by Gasteiger charge is 2.41. The maximum absolute atomic E-state index is 13.5. The standard InChI is InChI=1S/C26H26F7NO4.CH3F/c1-3-19-12-16(8-14-7-13(22(27)28)5-6-20(14)34(19)25(37)38-4-2)21(24(35)36)15-9-17(23(29)30)11-18(10-15)26(31,32)33;1-2/h5-7,9-11,16,19,21-23H,3-4,8,12H2,1-2H3,(H,35,36);1H3/t16-,19-,21-;/m1./s1. The molecular formula is C27H29F8NO4. The third-order valence-corrected chi connectivity index (χ3v) is 6.63. The van der Waals surface area contributed by atoms with Crippen LogP contribution in [0.1, 0.15) is 73.3 Å². The zero-order valence-corrected chi connectivity index (χ0v) is 21.8. The Hall–Kier alpha value is -3.38. The summed E-state index contributed by atoms with van der Waals surface area (Å²) >= 11 is 0. The summed E-state index contributed by atoms with van der Waals surface area (Å²) in [6.07, 6.45) is -12.0. The molecule has 3 rings (SSSR count). The van der Waals surface area contributed by atoms with Crippen molar-refractivity contribution in [3.05, 3.63) is 64.2 Å². The molecule has 222 valence electrons. The Bertz CT molecular complexity index is 1170. The van der Waals surface area contributed by atoms with Crippen LogP contribution in [0.5, 0.6) is 0 Å². The van der Waals surface area contributed by atoms with Crippen LogP contribution in [-0.4, -0.2) is 37.0 Å². The van der Waals surface area contributed by atoms with E-state index >= 15 is 0 Å². The lowest BCUT2D eigenvalue weighted by molar-refractivity contribution is -0.141. The van der Waals surface area contributed by atoms with Crippen LogP contribution in [0.2, 0.25) is 0 Å². The first-order valence-corrected chi connectivity index (χ1v) is 12.3. The summed E-state index contributed by atoms with van der Waals surface area (Å²) < 4.78 is 109. The molecule has 1 N–H and O–H groups in total. The topological polar surface area (TPSA) is 66.8 Å². The van der Waals surface area contributed by atoms with Gasteiger partial charge in [-0.2, -0.15) is 13.2 Å². The van der Waals surface area contributed by atoms with Crippen molar-refractivity contribution in [3.63, 3.8) is 0 Å². The largest absolute Gasteiger partial charge is 0.481 e. The van der Waals surface area contributed by atoms with E-state index in [0.29, 0.717) is 13.2 Å². The van der Waals surface area contributed by atoms with Crippen LogP contribution in [0.25, 0.3) is 0 Å². The number of rotatable bonds is 7. The molecule has 0 fully saturated rings. The first-order valence-electron chi connectivity index (χ1n) is 12.3. The second kappa shape index (κ2) is 13.8. The third-order valence-electron chi connectivity index (χ3n) is 6.63. The van der Waals surface area contributed by atoms with Crippen LogP contribution in [0.4, 0.5) is 45.6 Å². The molecule has 2 aromatic rings. The van der Waals surface area contributed by atoms with Gasteiger partial charge < -0.3 is 9.84 Å². The van der Waals surface area contributed by atoms with Crippen molar-refractivity contribution in [2.24, 2.45) is 5.92 Å². The molecule has 1 amide bonds. The van der Waals surface area contributed by atoms with E-state index in [1.807, 2.05) is 0 Å². The molecule has 0 aliphatic carbocycles. The minimum Gasteiger partial charge on any atom is -0.481 e. The molecule has 0 radical (unpaired) electrons. The fraction of sp³-hybridized carbons (Fsp3) is 0.481. The molecule has 1 aliphatic heterocycles. The van der Waals surface area contributed by atoms with Crippen molar-refractivity contribution in [3.8, 4) is 0 Å². The van der Waals surface area contributed by atoms with E-state index in [9.17, 15) is 49.8 Å². The van der Waals surface area contributed by atoms with Crippen LogP contribution in [0.3, 0.4) is 0 Å². The predicted octanol–water partition coefficient (Wildman–Crippen LogP) is 8.34. The van der Waals surface area contributed by atoms with Crippen molar-refractivity contribution in [1.82, 2.24) is 0 Å². The Labute approximate surface area is 225 Å². The number of hydrogen-bond donors (Lipinski definition) is 1. The fourth-order valence-corrected chi connectivity index (χ4v) is 4.96. The summed E-state index contributed by atoms with van der Waals surface area (Å²) in [7, 11) is 0.500. The fourth-order valence-electron chi connectivity index (χ4n) is 4.96. The summed E-state index contributed by atoms with van der Waals surface area (Å²) in [5.74, 6) is -4.30. The maximum Gasteiger partial charge on any atom is 0.416 e. The molecule has 0 bridgehead atoms. The first kappa shape index (κ1) is 32.8. The minimum atomic E-state index is -5.02. The van der Waals surface area contributed by atoms with Gasteiger partial charge in [0.25, 0.3) is 12.9 Å². The number of carbonyl (C=O) groups is 2. The Morgan fingerprint density at radius 3 is 2.08 bits per heavy atom. The number of carboxylic acid groups (broad SMARTS) is 1. The number of halogens is 8. The zero-order chi connectivity index (χ0) is 30.4. The summed E-state index contributed by atoms with van der Waals surface area (Å²) in [6.45, 7) is 3.26. The summed E-state index contributed by atoms with van der Waals surface area (Å²) in [5.41, 5.74) is -2.92. The van der Waals surface area contributed by atoms with Crippen LogP contribution >= 0.6 is 0 Å². The minimum absolute atomic E-state index is 0.00195. The zero-order valence-electron chi connectivity index (χ0n) is 21.8. The van der Waals surface area contributed by atoms with E-state index in [0.717, 1.165) is 18.2 Å². The van der Waals surface area contributed by atoms with Crippen molar-refractivity contribution < 1.29 is 54.6 Å². The summed E-state index contributed by atoms with van der Waals surface area (Å²) in [5, 5.41) is 10.1. The van der Waals surface area contributed by atoms with Gasteiger partial charge in [0, 0.05) is 17.2 Å². The van der Waals surface area contributed by atoms with Crippen LogP contribution in [0, 0.1) is 5.92 Å². The van der Waals surface area contributed by atoms with Gasteiger partial charge in [0.2, 0.25) is 0 Å². The molecule has 1 heterocycles. The Morgan fingerprint density at radius 2 is 1.57 bits per heavy atom. The number of hydrogen-bond acceptors (Lipinski definition) is 3. The average Bonchev–Trinajstić information content (AvgIpc) is 3.05. The number of benzene rings is 2. The molecule has 0 spiro atoms. The molecule has 1 aliphatic rings. The predicted molar refractivity (Wildman–Crippen MR) is 131 cm³/mol. The monoisotopic (exact) mass is 583 g/mol. The van der Waals surface area contributed by atoms with Crippen LogP contribution in [-0.2, 0) is 22.1 Å². The molecule has 2 aromatic carbocycles. The number of anilines is 1. The second-order valence-electron chi connectivity index (χ2n) is 9.02. The number of ether oxygens (including phenoxy) is 1. The van der Waals surface area contributed by atoms with Gasteiger partial charge in [-0.05, 0) is 73.6 Å². The van der Waals surface area contributed by atoms with Gasteiger partial charge in [-0.15, -0.1) is 0 Å². The molecule has 0 saturated heterocycles.